The van der Waals surface area contributed by atoms with Gasteiger partial charge in [0, 0.05) is 12.6 Å². The van der Waals surface area contributed by atoms with Crippen LogP contribution in [0.1, 0.15) is 18.1 Å². The molecule has 0 unspecified atom stereocenters. The van der Waals surface area contributed by atoms with Gasteiger partial charge in [-0.05, 0) is 48.7 Å². The Morgan fingerprint density at radius 2 is 1.73 bits per heavy atom. The third-order valence-corrected chi connectivity index (χ3v) is 7.84. The third-order valence-electron chi connectivity index (χ3n) is 6.01. The Labute approximate surface area is 178 Å². The molecule has 158 valence electrons. The fourth-order valence-electron chi connectivity index (χ4n) is 4.11. The SMILES string of the molecule is CC[NH+]1CCN(C(=O)/C=C/c2ccc(S(=O)(=O)N3CCc4ccccc43)cc2)CC1. The van der Waals surface area contributed by atoms with Crippen molar-refractivity contribution in [1.82, 2.24) is 4.90 Å². The van der Waals surface area contributed by atoms with Crippen molar-refractivity contribution in [3.63, 3.8) is 0 Å². The van der Waals surface area contributed by atoms with E-state index in [-0.39, 0.29) is 10.8 Å². The molecule has 1 saturated heterocycles. The lowest BCUT2D eigenvalue weighted by atomic mass is 10.2. The number of rotatable bonds is 5. The average molecular weight is 427 g/mol. The predicted molar refractivity (Wildman–Crippen MR) is 118 cm³/mol. The Hall–Kier alpha value is -2.64. The zero-order chi connectivity index (χ0) is 21.1. The number of piperazine rings is 1. The standard InChI is InChI=1S/C23H27N3O3S/c1-2-24-15-17-25(18-16-24)23(27)12-9-19-7-10-21(11-8-19)30(28,29)26-14-13-20-5-3-4-6-22(20)26/h3-12H,2,13-18H2,1H3/p+1/b12-9+. The van der Waals surface area contributed by atoms with Crippen LogP contribution >= 0.6 is 0 Å². The van der Waals surface area contributed by atoms with E-state index in [0.29, 0.717) is 6.54 Å². The normalized spacial score (nSPS) is 17.5. The molecule has 1 N–H and O–H groups in total. The Morgan fingerprint density at radius 3 is 2.43 bits per heavy atom. The molecule has 7 heteroatoms. The quantitative estimate of drug-likeness (QED) is 0.731. The largest absolute Gasteiger partial charge is 0.332 e. The van der Waals surface area contributed by atoms with Gasteiger partial charge in [0.05, 0.1) is 43.3 Å². The molecule has 2 aliphatic heterocycles. The number of carbonyl (C=O) groups is 1. The number of quaternary nitrogens is 1. The molecule has 0 atom stereocenters. The summed E-state index contributed by atoms with van der Waals surface area (Å²) < 4.78 is 27.6. The van der Waals surface area contributed by atoms with E-state index in [1.165, 1.54) is 9.21 Å². The van der Waals surface area contributed by atoms with Crippen LogP contribution in [0.15, 0.2) is 59.5 Å². The van der Waals surface area contributed by atoms with Crippen LogP contribution in [0.5, 0.6) is 0 Å². The highest BCUT2D eigenvalue weighted by Gasteiger charge is 2.30. The topological polar surface area (TPSA) is 62.1 Å². The third kappa shape index (κ3) is 4.13. The van der Waals surface area contributed by atoms with Gasteiger partial charge in [0.2, 0.25) is 5.91 Å². The van der Waals surface area contributed by atoms with Crippen molar-refractivity contribution >= 4 is 27.7 Å². The Morgan fingerprint density at radius 1 is 1.03 bits per heavy atom. The Balaban J connectivity index is 1.43. The van der Waals surface area contributed by atoms with E-state index in [1.54, 1.807) is 36.4 Å². The highest BCUT2D eigenvalue weighted by Crippen LogP contribution is 2.32. The summed E-state index contributed by atoms with van der Waals surface area (Å²) in [7, 11) is -3.59. The lowest BCUT2D eigenvalue weighted by Crippen LogP contribution is -3.14. The molecule has 0 aliphatic carbocycles. The molecule has 2 aromatic carbocycles. The monoisotopic (exact) mass is 426 g/mol. The molecule has 0 spiro atoms. The molecule has 1 fully saturated rings. The van der Waals surface area contributed by atoms with Gasteiger partial charge in [0.1, 0.15) is 0 Å². The zero-order valence-electron chi connectivity index (χ0n) is 17.3. The van der Waals surface area contributed by atoms with Gasteiger partial charge < -0.3 is 9.80 Å². The lowest BCUT2D eigenvalue weighted by Gasteiger charge is -2.30. The second kappa shape index (κ2) is 8.62. The first-order valence-corrected chi connectivity index (χ1v) is 11.9. The van der Waals surface area contributed by atoms with E-state index >= 15 is 0 Å². The van der Waals surface area contributed by atoms with Crippen LogP contribution in [-0.4, -0.2) is 58.5 Å². The first-order valence-electron chi connectivity index (χ1n) is 10.5. The van der Waals surface area contributed by atoms with Crippen molar-refractivity contribution in [3.05, 3.63) is 65.7 Å². The number of likely N-dealkylation sites (N-methyl/N-ethyl adjacent to an activating group) is 1. The summed E-state index contributed by atoms with van der Waals surface area (Å²) in [5.41, 5.74) is 2.62. The van der Waals surface area contributed by atoms with Gasteiger partial charge in [-0.25, -0.2) is 8.42 Å². The van der Waals surface area contributed by atoms with Gasteiger partial charge in [-0.15, -0.1) is 0 Å². The van der Waals surface area contributed by atoms with Crippen LogP contribution < -0.4 is 9.21 Å². The second-order valence-corrected chi connectivity index (χ2v) is 9.65. The van der Waals surface area contributed by atoms with Gasteiger partial charge in [-0.3, -0.25) is 9.10 Å². The van der Waals surface area contributed by atoms with E-state index in [2.05, 4.69) is 6.92 Å². The van der Waals surface area contributed by atoms with Gasteiger partial charge in [-0.1, -0.05) is 30.3 Å². The summed E-state index contributed by atoms with van der Waals surface area (Å²) in [4.78, 5) is 16.1. The van der Waals surface area contributed by atoms with Crippen molar-refractivity contribution < 1.29 is 18.1 Å². The number of benzene rings is 2. The molecule has 30 heavy (non-hydrogen) atoms. The van der Waals surface area contributed by atoms with Gasteiger partial charge >= 0.3 is 0 Å². The Bertz CT molecular complexity index is 1040. The zero-order valence-corrected chi connectivity index (χ0v) is 18.1. The number of hydrogen-bond acceptors (Lipinski definition) is 3. The highest BCUT2D eigenvalue weighted by molar-refractivity contribution is 7.92. The predicted octanol–water partition coefficient (Wildman–Crippen LogP) is 1.20. The minimum Gasteiger partial charge on any atom is -0.332 e. The van der Waals surface area contributed by atoms with Crippen molar-refractivity contribution in [1.29, 1.82) is 0 Å². The average Bonchev–Trinajstić information content (AvgIpc) is 3.23. The van der Waals surface area contributed by atoms with Crippen molar-refractivity contribution in [2.24, 2.45) is 0 Å². The van der Waals surface area contributed by atoms with Gasteiger partial charge in [-0.2, -0.15) is 0 Å². The van der Waals surface area contributed by atoms with Crippen LogP contribution in [-0.2, 0) is 21.2 Å². The molecular formula is C23H28N3O3S+. The molecule has 1 amide bonds. The number of para-hydroxylation sites is 1. The van der Waals surface area contributed by atoms with Crippen molar-refractivity contribution in [2.45, 2.75) is 18.2 Å². The summed E-state index contributed by atoms with van der Waals surface area (Å²) in [6.07, 6.45) is 4.06. The number of sulfonamides is 1. The number of nitrogens with zero attached hydrogens (tertiary/aromatic N) is 2. The summed E-state index contributed by atoms with van der Waals surface area (Å²) in [5, 5.41) is 0. The summed E-state index contributed by atoms with van der Waals surface area (Å²) in [6, 6.07) is 14.3. The van der Waals surface area contributed by atoms with Crippen LogP contribution in [0.25, 0.3) is 6.08 Å². The molecule has 6 nitrogen and oxygen atoms in total. The molecule has 2 aromatic rings. The summed E-state index contributed by atoms with van der Waals surface area (Å²) >= 11 is 0. The number of hydrogen-bond donors (Lipinski definition) is 1. The smallest absolute Gasteiger partial charge is 0.264 e. The molecule has 0 radical (unpaired) electrons. The number of carbonyl (C=O) groups excluding carboxylic acids is 1. The minimum absolute atomic E-state index is 0.00975. The van der Waals surface area contributed by atoms with E-state index in [9.17, 15) is 13.2 Å². The van der Waals surface area contributed by atoms with Crippen molar-refractivity contribution in [2.75, 3.05) is 43.6 Å². The highest BCUT2D eigenvalue weighted by atomic mass is 32.2. The van der Waals surface area contributed by atoms with E-state index in [1.807, 2.05) is 29.2 Å². The van der Waals surface area contributed by atoms with E-state index in [4.69, 9.17) is 0 Å². The summed E-state index contributed by atoms with van der Waals surface area (Å²) in [6.45, 7) is 7.26. The maximum Gasteiger partial charge on any atom is 0.264 e. The van der Waals surface area contributed by atoms with Crippen molar-refractivity contribution in [3.8, 4) is 0 Å². The fraction of sp³-hybridized carbons (Fsp3) is 0.348. The molecule has 0 bridgehead atoms. The number of amides is 1. The van der Waals surface area contributed by atoms with Crippen LogP contribution in [0.2, 0.25) is 0 Å². The first-order chi connectivity index (χ1) is 14.5. The number of fused-ring (bicyclic) bond motifs is 1. The first kappa shape index (κ1) is 20.6. The lowest BCUT2D eigenvalue weighted by molar-refractivity contribution is -0.902. The van der Waals surface area contributed by atoms with Crippen LogP contribution in [0.3, 0.4) is 0 Å². The molecule has 2 aliphatic rings. The summed E-state index contributed by atoms with van der Waals surface area (Å²) in [5.74, 6) is 0.00975. The van der Waals surface area contributed by atoms with E-state index in [0.717, 1.165) is 56.0 Å². The molecule has 0 saturated carbocycles. The molecule has 0 aromatic heterocycles. The molecule has 4 rings (SSSR count). The fourth-order valence-corrected chi connectivity index (χ4v) is 5.61. The maximum atomic E-state index is 13.1. The maximum absolute atomic E-state index is 13.1. The molecular weight excluding hydrogens is 398 g/mol. The second-order valence-electron chi connectivity index (χ2n) is 7.79. The van der Waals surface area contributed by atoms with Crippen LogP contribution in [0.4, 0.5) is 5.69 Å². The Kier molecular flexibility index (Phi) is 5.92. The van der Waals surface area contributed by atoms with Gasteiger partial charge in [0.15, 0.2) is 0 Å². The van der Waals surface area contributed by atoms with Gasteiger partial charge in [0.25, 0.3) is 10.0 Å². The number of nitrogens with one attached hydrogen (secondary N) is 1. The molecule has 2 heterocycles. The van der Waals surface area contributed by atoms with Crippen LogP contribution in [0, 0.1) is 0 Å². The van der Waals surface area contributed by atoms with E-state index < -0.39 is 10.0 Å². The number of anilines is 1. The minimum atomic E-state index is -3.59.